The lowest BCUT2D eigenvalue weighted by atomic mass is 9.58. The predicted molar refractivity (Wildman–Crippen MR) is 64.5 cm³/mol. The van der Waals surface area contributed by atoms with Crippen molar-refractivity contribution >= 4 is 5.78 Å². The van der Waals surface area contributed by atoms with E-state index < -0.39 is 0 Å². The van der Waals surface area contributed by atoms with Crippen molar-refractivity contribution in [1.29, 1.82) is 0 Å². The lowest BCUT2D eigenvalue weighted by molar-refractivity contribution is -0.128. The summed E-state index contributed by atoms with van der Waals surface area (Å²) in [6.45, 7) is 2.30. The number of fused-ring (bicyclic) bond motifs is 3. The van der Waals surface area contributed by atoms with E-state index in [2.05, 4.69) is 31.2 Å². The van der Waals surface area contributed by atoms with Gasteiger partial charge in [0.25, 0.3) is 0 Å². The Labute approximate surface area is 96.9 Å². The van der Waals surface area contributed by atoms with Gasteiger partial charge >= 0.3 is 0 Å². The summed E-state index contributed by atoms with van der Waals surface area (Å²) in [6.07, 6.45) is 5.21. The van der Waals surface area contributed by atoms with Crippen molar-refractivity contribution in [2.45, 2.75) is 44.4 Å². The topological polar surface area (TPSA) is 17.1 Å². The first-order valence-corrected chi connectivity index (χ1v) is 6.33. The predicted octanol–water partition coefficient (Wildman–Crippen LogP) is 3.26. The molecule has 84 valence electrons. The quantitative estimate of drug-likeness (QED) is 0.648. The molecule has 0 spiro atoms. The molecular weight excluding hydrogens is 196 g/mol. The van der Waals surface area contributed by atoms with Crippen LogP contribution in [-0.4, -0.2) is 5.78 Å². The van der Waals surface area contributed by atoms with E-state index in [-0.39, 0.29) is 11.3 Å². The summed E-state index contributed by atoms with van der Waals surface area (Å²) in [5.41, 5.74) is 3.04. The van der Waals surface area contributed by atoms with E-state index in [1.807, 2.05) is 0 Å². The molecular formula is C15H18O. The van der Waals surface area contributed by atoms with Crippen LogP contribution in [0.4, 0.5) is 0 Å². The summed E-state index contributed by atoms with van der Waals surface area (Å²) in [7, 11) is 0. The van der Waals surface area contributed by atoms with Crippen LogP contribution in [0, 0.1) is 5.92 Å². The monoisotopic (exact) mass is 214 g/mol. The van der Waals surface area contributed by atoms with Gasteiger partial charge in [0, 0.05) is 17.8 Å². The average Bonchev–Trinajstić information content (AvgIpc) is 2.29. The van der Waals surface area contributed by atoms with Gasteiger partial charge in [0.2, 0.25) is 0 Å². The largest absolute Gasteiger partial charge is 0.299 e. The summed E-state index contributed by atoms with van der Waals surface area (Å²) < 4.78 is 0. The molecule has 2 aliphatic carbocycles. The van der Waals surface area contributed by atoms with Gasteiger partial charge < -0.3 is 0 Å². The molecule has 2 aliphatic rings. The molecule has 2 atom stereocenters. The number of hydrogen-bond donors (Lipinski definition) is 0. The van der Waals surface area contributed by atoms with Crippen molar-refractivity contribution in [3.8, 4) is 0 Å². The zero-order valence-electron chi connectivity index (χ0n) is 9.83. The highest BCUT2D eigenvalue weighted by atomic mass is 16.1. The first-order chi connectivity index (χ1) is 7.72. The summed E-state index contributed by atoms with van der Waals surface area (Å²) in [4.78, 5) is 12.0. The van der Waals surface area contributed by atoms with Crippen molar-refractivity contribution in [2.24, 2.45) is 5.92 Å². The molecule has 1 aromatic carbocycles. The summed E-state index contributed by atoms with van der Waals surface area (Å²) in [5, 5.41) is 0. The Morgan fingerprint density at radius 1 is 1.25 bits per heavy atom. The molecule has 1 heteroatoms. The van der Waals surface area contributed by atoms with Crippen LogP contribution in [-0.2, 0) is 16.6 Å². The van der Waals surface area contributed by atoms with Gasteiger partial charge in [-0.3, -0.25) is 4.79 Å². The fourth-order valence-electron chi connectivity index (χ4n) is 3.73. The number of Topliss-reactive ketones (excluding diaryl/α,β-unsaturated/α-hetero) is 1. The van der Waals surface area contributed by atoms with Gasteiger partial charge in [0.15, 0.2) is 0 Å². The molecule has 0 aromatic heterocycles. The Morgan fingerprint density at radius 3 is 2.94 bits per heavy atom. The smallest absolute Gasteiger partial charge is 0.136 e. The minimum absolute atomic E-state index is 0.129. The lowest BCUT2D eigenvalue weighted by Gasteiger charge is -2.45. The van der Waals surface area contributed by atoms with Crippen LogP contribution in [0.5, 0.6) is 0 Å². The van der Waals surface area contributed by atoms with Crippen molar-refractivity contribution in [2.75, 3.05) is 0 Å². The zero-order valence-corrected chi connectivity index (χ0v) is 9.83. The number of aryl methyl sites for hydroxylation is 1. The SMILES string of the molecule is CC12CCCC(=O)C1CCc1ccccc12. The zero-order chi connectivity index (χ0) is 11.2. The molecule has 0 bridgehead atoms. The number of ketones is 1. The maximum Gasteiger partial charge on any atom is 0.136 e. The van der Waals surface area contributed by atoms with Crippen molar-refractivity contribution in [1.82, 2.24) is 0 Å². The highest BCUT2D eigenvalue weighted by Crippen LogP contribution is 2.48. The first-order valence-electron chi connectivity index (χ1n) is 6.33. The van der Waals surface area contributed by atoms with Gasteiger partial charge in [0.1, 0.15) is 5.78 Å². The van der Waals surface area contributed by atoms with E-state index in [9.17, 15) is 4.79 Å². The van der Waals surface area contributed by atoms with Gasteiger partial charge in [-0.05, 0) is 36.8 Å². The van der Waals surface area contributed by atoms with E-state index >= 15 is 0 Å². The van der Waals surface area contributed by atoms with Crippen LogP contribution in [0.1, 0.15) is 43.7 Å². The third-order valence-electron chi connectivity index (χ3n) is 4.61. The molecule has 0 radical (unpaired) electrons. The first kappa shape index (κ1) is 10.1. The third-order valence-corrected chi connectivity index (χ3v) is 4.61. The Hall–Kier alpha value is -1.11. The number of benzene rings is 1. The lowest BCUT2D eigenvalue weighted by Crippen LogP contribution is -2.44. The summed E-state index contributed by atoms with van der Waals surface area (Å²) >= 11 is 0. The second kappa shape index (κ2) is 3.44. The highest BCUT2D eigenvalue weighted by molar-refractivity contribution is 5.84. The summed E-state index contributed by atoms with van der Waals surface area (Å²) in [5.74, 6) is 0.791. The molecule has 0 heterocycles. The Kier molecular flexibility index (Phi) is 2.17. The molecule has 2 unspecified atom stereocenters. The van der Waals surface area contributed by atoms with E-state index in [4.69, 9.17) is 0 Å². The van der Waals surface area contributed by atoms with Crippen LogP contribution >= 0.6 is 0 Å². The molecule has 1 nitrogen and oxygen atoms in total. The molecule has 1 saturated carbocycles. The van der Waals surface area contributed by atoms with Gasteiger partial charge in [-0.1, -0.05) is 31.2 Å². The number of carbonyl (C=O) groups is 1. The fourth-order valence-corrected chi connectivity index (χ4v) is 3.73. The van der Waals surface area contributed by atoms with E-state index in [0.29, 0.717) is 5.78 Å². The van der Waals surface area contributed by atoms with Crippen molar-refractivity contribution in [3.63, 3.8) is 0 Å². The molecule has 0 saturated heterocycles. The van der Waals surface area contributed by atoms with E-state index in [0.717, 1.165) is 25.7 Å². The Balaban J connectivity index is 2.12. The van der Waals surface area contributed by atoms with Gasteiger partial charge in [0.05, 0.1) is 0 Å². The molecule has 0 N–H and O–H groups in total. The summed E-state index contributed by atoms with van der Waals surface area (Å²) in [6, 6.07) is 8.70. The van der Waals surface area contributed by atoms with Crippen molar-refractivity contribution in [3.05, 3.63) is 35.4 Å². The Morgan fingerprint density at radius 2 is 2.06 bits per heavy atom. The van der Waals surface area contributed by atoms with E-state index in [1.165, 1.54) is 17.5 Å². The number of carbonyl (C=O) groups excluding carboxylic acids is 1. The Bertz CT molecular complexity index is 435. The van der Waals surface area contributed by atoms with Crippen LogP contribution in [0.3, 0.4) is 0 Å². The van der Waals surface area contributed by atoms with E-state index in [1.54, 1.807) is 0 Å². The molecule has 3 rings (SSSR count). The minimum Gasteiger partial charge on any atom is -0.299 e. The van der Waals surface area contributed by atoms with Crippen molar-refractivity contribution < 1.29 is 4.79 Å². The molecule has 0 aliphatic heterocycles. The maximum atomic E-state index is 12.0. The number of rotatable bonds is 0. The second-order valence-corrected chi connectivity index (χ2v) is 5.49. The molecule has 0 amide bonds. The van der Waals surface area contributed by atoms with Crippen LogP contribution < -0.4 is 0 Å². The van der Waals surface area contributed by atoms with Gasteiger partial charge in [-0.25, -0.2) is 0 Å². The standard InChI is InChI=1S/C15H18O/c1-15-10-4-7-14(16)13(15)9-8-11-5-2-3-6-12(11)15/h2-3,5-6,13H,4,7-10H2,1H3. The van der Waals surface area contributed by atoms with Crippen LogP contribution in [0.15, 0.2) is 24.3 Å². The highest BCUT2D eigenvalue weighted by Gasteiger charge is 2.45. The number of hydrogen-bond acceptors (Lipinski definition) is 1. The van der Waals surface area contributed by atoms with Gasteiger partial charge in [-0.2, -0.15) is 0 Å². The molecule has 1 fully saturated rings. The average molecular weight is 214 g/mol. The van der Waals surface area contributed by atoms with Gasteiger partial charge in [-0.15, -0.1) is 0 Å². The maximum absolute atomic E-state index is 12.0. The second-order valence-electron chi connectivity index (χ2n) is 5.49. The third kappa shape index (κ3) is 1.27. The van der Waals surface area contributed by atoms with Crippen LogP contribution in [0.2, 0.25) is 0 Å². The fraction of sp³-hybridized carbons (Fsp3) is 0.533. The minimum atomic E-state index is 0.129. The van der Waals surface area contributed by atoms with Crippen LogP contribution in [0.25, 0.3) is 0 Å². The molecule has 16 heavy (non-hydrogen) atoms. The molecule has 1 aromatic rings. The normalized spacial score (nSPS) is 33.1.